The molecule has 11 heteroatoms. The van der Waals surface area contributed by atoms with E-state index < -0.39 is 17.2 Å². The van der Waals surface area contributed by atoms with Gasteiger partial charge in [0.25, 0.3) is 11.5 Å². The third-order valence-corrected chi connectivity index (χ3v) is 4.33. The molecule has 2 N–H and O–H groups in total. The van der Waals surface area contributed by atoms with Gasteiger partial charge in [-0.2, -0.15) is 4.52 Å². The van der Waals surface area contributed by atoms with Crippen LogP contribution >= 0.6 is 0 Å². The minimum absolute atomic E-state index is 0.122. The lowest BCUT2D eigenvalue weighted by molar-refractivity contribution is 0.0944. The van der Waals surface area contributed by atoms with Gasteiger partial charge in [0.15, 0.2) is 11.5 Å². The zero-order valence-corrected chi connectivity index (χ0v) is 15.9. The number of amides is 1. The van der Waals surface area contributed by atoms with Crippen LogP contribution in [-0.4, -0.2) is 48.4 Å². The topological polar surface area (TPSA) is 136 Å². The van der Waals surface area contributed by atoms with Crippen molar-refractivity contribution in [3.8, 4) is 17.3 Å². The van der Waals surface area contributed by atoms with Crippen molar-refractivity contribution in [3.63, 3.8) is 0 Å². The quantitative estimate of drug-likeness (QED) is 0.429. The van der Waals surface area contributed by atoms with Gasteiger partial charge in [0.2, 0.25) is 5.88 Å². The number of aromatic nitrogens is 6. The van der Waals surface area contributed by atoms with Gasteiger partial charge < -0.3 is 15.0 Å². The molecule has 0 unspecified atom stereocenters. The Kier molecular flexibility index (Phi) is 5.08. The van der Waals surface area contributed by atoms with Crippen molar-refractivity contribution in [1.82, 2.24) is 34.7 Å². The Hall–Kier alpha value is -4.28. The van der Waals surface area contributed by atoms with E-state index in [1.807, 2.05) is 30.3 Å². The van der Waals surface area contributed by atoms with Crippen molar-refractivity contribution in [1.29, 1.82) is 0 Å². The van der Waals surface area contributed by atoms with Crippen LogP contribution in [0, 0.1) is 0 Å². The molecule has 0 bridgehead atoms. The monoisotopic (exact) mass is 407 g/mol. The maximum Gasteiger partial charge on any atom is 0.328 e. The third-order valence-electron chi connectivity index (χ3n) is 4.33. The Morgan fingerprint density at radius 3 is 2.73 bits per heavy atom. The second-order valence-corrected chi connectivity index (χ2v) is 6.31. The van der Waals surface area contributed by atoms with Gasteiger partial charge in [0.1, 0.15) is 12.2 Å². The number of ether oxygens (including phenoxy) is 1. The van der Waals surface area contributed by atoms with E-state index in [-0.39, 0.29) is 18.7 Å². The van der Waals surface area contributed by atoms with Crippen LogP contribution in [0.1, 0.15) is 10.4 Å². The predicted molar refractivity (Wildman–Crippen MR) is 106 cm³/mol. The van der Waals surface area contributed by atoms with Crippen LogP contribution < -0.4 is 21.3 Å². The molecular formula is C19H17N7O4. The Morgan fingerprint density at radius 2 is 1.93 bits per heavy atom. The molecule has 30 heavy (non-hydrogen) atoms. The normalized spacial score (nSPS) is 10.8. The van der Waals surface area contributed by atoms with Crippen molar-refractivity contribution in [2.24, 2.45) is 7.05 Å². The summed E-state index contributed by atoms with van der Waals surface area (Å²) in [5.41, 5.74) is 0.0111. The fourth-order valence-electron chi connectivity index (χ4n) is 2.76. The van der Waals surface area contributed by atoms with Gasteiger partial charge in [-0.1, -0.05) is 30.3 Å². The number of fused-ring (bicyclic) bond motifs is 1. The van der Waals surface area contributed by atoms with E-state index in [4.69, 9.17) is 4.74 Å². The van der Waals surface area contributed by atoms with Crippen LogP contribution in [0.4, 0.5) is 0 Å². The van der Waals surface area contributed by atoms with E-state index in [1.54, 1.807) is 16.6 Å². The summed E-state index contributed by atoms with van der Waals surface area (Å²) in [5.74, 6) is 0.302. The van der Waals surface area contributed by atoms with Crippen molar-refractivity contribution in [2.45, 2.75) is 0 Å². The summed E-state index contributed by atoms with van der Waals surface area (Å²) in [6, 6.07) is 12.9. The van der Waals surface area contributed by atoms with Gasteiger partial charge in [-0.3, -0.25) is 14.2 Å². The SMILES string of the molecule is Cn1c(=O)[nH]cc(C(=O)NCCOc2ccc3nnc(-c4ccccc4)n3n2)c1=O. The maximum absolute atomic E-state index is 12.1. The van der Waals surface area contributed by atoms with E-state index in [0.717, 1.165) is 16.3 Å². The van der Waals surface area contributed by atoms with Gasteiger partial charge in [-0.05, 0) is 6.07 Å². The molecule has 11 nitrogen and oxygen atoms in total. The fraction of sp³-hybridized carbons (Fsp3) is 0.158. The van der Waals surface area contributed by atoms with Crippen molar-refractivity contribution < 1.29 is 9.53 Å². The summed E-state index contributed by atoms with van der Waals surface area (Å²) in [4.78, 5) is 37.8. The van der Waals surface area contributed by atoms with E-state index in [9.17, 15) is 14.4 Å². The molecule has 0 radical (unpaired) electrons. The maximum atomic E-state index is 12.1. The average molecular weight is 407 g/mol. The zero-order valence-electron chi connectivity index (χ0n) is 15.9. The van der Waals surface area contributed by atoms with Crippen LogP contribution in [-0.2, 0) is 7.05 Å². The summed E-state index contributed by atoms with van der Waals surface area (Å²) < 4.78 is 7.99. The van der Waals surface area contributed by atoms with Crippen LogP contribution in [0.5, 0.6) is 5.88 Å². The number of carbonyl (C=O) groups is 1. The first kappa shape index (κ1) is 19.1. The third kappa shape index (κ3) is 3.68. The minimum atomic E-state index is -0.676. The number of benzene rings is 1. The summed E-state index contributed by atoms with van der Waals surface area (Å²) >= 11 is 0. The number of nitrogens with one attached hydrogen (secondary N) is 2. The number of nitrogens with zero attached hydrogens (tertiary/aromatic N) is 5. The van der Waals surface area contributed by atoms with Crippen LogP contribution in [0.3, 0.4) is 0 Å². The first-order valence-electron chi connectivity index (χ1n) is 9.02. The first-order chi connectivity index (χ1) is 14.5. The number of rotatable bonds is 6. The summed E-state index contributed by atoms with van der Waals surface area (Å²) in [7, 11) is 1.29. The molecule has 4 aromatic rings. The van der Waals surface area contributed by atoms with E-state index >= 15 is 0 Å². The van der Waals surface area contributed by atoms with Crippen LogP contribution in [0.15, 0.2) is 58.3 Å². The Morgan fingerprint density at radius 1 is 1.13 bits per heavy atom. The smallest absolute Gasteiger partial charge is 0.328 e. The summed E-state index contributed by atoms with van der Waals surface area (Å²) in [5, 5.41) is 15.2. The second-order valence-electron chi connectivity index (χ2n) is 6.31. The molecule has 0 fully saturated rings. The Labute approximate surface area is 169 Å². The molecule has 1 amide bonds. The van der Waals surface area contributed by atoms with E-state index in [1.165, 1.54) is 7.05 Å². The Bertz CT molecular complexity index is 1320. The molecular weight excluding hydrogens is 390 g/mol. The minimum Gasteiger partial charge on any atom is -0.475 e. The molecule has 0 saturated heterocycles. The number of hydrogen-bond donors (Lipinski definition) is 2. The molecule has 3 aromatic heterocycles. The van der Waals surface area contributed by atoms with Crippen molar-refractivity contribution in [3.05, 3.63) is 75.1 Å². The van der Waals surface area contributed by atoms with Crippen LogP contribution in [0.25, 0.3) is 17.0 Å². The van der Waals surface area contributed by atoms with Gasteiger partial charge >= 0.3 is 5.69 Å². The molecule has 4 rings (SSSR count). The fourth-order valence-corrected chi connectivity index (χ4v) is 2.76. The largest absolute Gasteiger partial charge is 0.475 e. The van der Waals surface area contributed by atoms with Crippen molar-refractivity contribution >= 4 is 11.6 Å². The molecule has 152 valence electrons. The Balaban J connectivity index is 1.41. The molecule has 0 aliphatic rings. The number of aromatic amines is 1. The molecule has 0 spiro atoms. The van der Waals surface area contributed by atoms with Gasteiger partial charge in [-0.15, -0.1) is 15.3 Å². The highest BCUT2D eigenvalue weighted by Gasteiger charge is 2.13. The summed E-state index contributed by atoms with van der Waals surface area (Å²) in [6.45, 7) is 0.255. The average Bonchev–Trinajstić information content (AvgIpc) is 3.19. The van der Waals surface area contributed by atoms with Crippen molar-refractivity contribution in [2.75, 3.05) is 13.2 Å². The van der Waals surface area contributed by atoms with Gasteiger partial charge in [-0.25, -0.2) is 4.79 Å². The molecule has 0 atom stereocenters. The summed E-state index contributed by atoms with van der Waals surface area (Å²) in [6.07, 6.45) is 1.09. The molecule has 1 aromatic carbocycles. The lowest BCUT2D eigenvalue weighted by Gasteiger charge is -2.08. The lowest BCUT2D eigenvalue weighted by Crippen LogP contribution is -2.39. The van der Waals surface area contributed by atoms with E-state index in [0.29, 0.717) is 17.4 Å². The van der Waals surface area contributed by atoms with E-state index in [2.05, 4.69) is 25.6 Å². The molecule has 3 heterocycles. The predicted octanol–water partition coefficient (Wildman–Crippen LogP) is -0.0129. The molecule has 0 saturated carbocycles. The van der Waals surface area contributed by atoms with Crippen LogP contribution in [0.2, 0.25) is 0 Å². The van der Waals surface area contributed by atoms with Gasteiger partial charge in [0, 0.05) is 24.9 Å². The highest BCUT2D eigenvalue weighted by atomic mass is 16.5. The zero-order chi connectivity index (χ0) is 21.1. The first-order valence-corrected chi connectivity index (χ1v) is 9.02. The number of H-pyrrole nitrogens is 1. The van der Waals surface area contributed by atoms with Gasteiger partial charge in [0.05, 0.1) is 6.54 Å². The highest BCUT2D eigenvalue weighted by Crippen LogP contribution is 2.18. The molecule has 0 aliphatic heterocycles. The molecule has 0 aliphatic carbocycles. The highest BCUT2D eigenvalue weighted by molar-refractivity contribution is 5.93. The standard InChI is InChI=1S/C19H17N7O4/c1-25-18(28)13(11-21-19(25)29)17(27)20-9-10-30-15-8-7-14-22-23-16(26(14)24-15)12-5-3-2-4-6-12/h2-8,11H,9-10H2,1H3,(H,20,27)(H,21,29). The number of carbonyl (C=O) groups excluding carboxylic acids is 1. The second kappa shape index (κ2) is 7.99. The lowest BCUT2D eigenvalue weighted by atomic mass is 10.2. The number of hydrogen-bond acceptors (Lipinski definition) is 7.